The van der Waals surface area contributed by atoms with Crippen molar-refractivity contribution in [1.29, 1.82) is 0 Å². The standard InChI is InChI=1S/C20H22N2O4/c1-3-12-26-17-10-6-15(7-11-17)22-19(23)13-18(20(22)24)21-14-4-8-16(25-2)9-5-14/h4-11,18,21H,3,12-13H2,1-2H3/t18-/m0/s1. The minimum atomic E-state index is -0.577. The van der Waals surface area contributed by atoms with Crippen LogP contribution in [-0.4, -0.2) is 31.6 Å². The Labute approximate surface area is 152 Å². The number of hydrogen-bond donors (Lipinski definition) is 1. The molecule has 0 aliphatic carbocycles. The van der Waals surface area contributed by atoms with Crippen molar-refractivity contribution in [2.24, 2.45) is 0 Å². The van der Waals surface area contributed by atoms with Gasteiger partial charge in [0, 0.05) is 5.69 Å². The van der Waals surface area contributed by atoms with Crippen LogP contribution in [0.4, 0.5) is 11.4 Å². The SMILES string of the molecule is CCCOc1ccc(N2C(=O)C[C@H](Nc3ccc(OC)cc3)C2=O)cc1. The number of carbonyl (C=O) groups excluding carboxylic acids is 2. The van der Waals surface area contributed by atoms with E-state index in [1.54, 1.807) is 43.5 Å². The number of nitrogens with one attached hydrogen (secondary N) is 1. The monoisotopic (exact) mass is 354 g/mol. The van der Waals surface area contributed by atoms with Gasteiger partial charge in [-0.05, 0) is 55.0 Å². The van der Waals surface area contributed by atoms with Crippen LogP contribution in [-0.2, 0) is 9.59 Å². The molecule has 26 heavy (non-hydrogen) atoms. The highest BCUT2D eigenvalue weighted by Crippen LogP contribution is 2.27. The Hall–Kier alpha value is -3.02. The van der Waals surface area contributed by atoms with Gasteiger partial charge in [0.05, 0.1) is 25.8 Å². The number of imide groups is 1. The van der Waals surface area contributed by atoms with Gasteiger partial charge in [0.2, 0.25) is 5.91 Å². The summed E-state index contributed by atoms with van der Waals surface area (Å²) in [5, 5.41) is 3.12. The molecule has 1 fully saturated rings. The molecule has 0 aromatic heterocycles. The third kappa shape index (κ3) is 3.79. The highest BCUT2D eigenvalue weighted by molar-refractivity contribution is 6.23. The third-order valence-electron chi connectivity index (χ3n) is 4.15. The number of methoxy groups -OCH3 is 1. The maximum Gasteiger partial charge on any atom is 0.256 e. The molecule has 0 spiro atoms. The van der Waals surface area contributed by atoms with Crippen molar-refractivity contribution >= 4 is 23.2 Å². The Bertz CT molecular complexity index is 771. The first-order chi connectivity index (χ1) is 12.6. The van der Waals surface area contributed by atoms with E-state index in [4.69, 9.17) is 9.47 Å². The number of hydrogen-bond acceptors (Lipinski definition) is 5. The first kappa shape index (κ1) is 17.8. The Morgan fingerprint density at radius 2 is 1.69 bits per heavy atom. The van der Waals surface area contributed by atoms with Gasteiger partial charge in [0.1, 0.15) is 17.5 Å². The van der Waals surface area contributed by atoms with E-state index in [9.17, 15) is 9.59 Å². The van der Waals surface area contributed by atoms with E-state index in [-0.39, 0.29) is 18.2 Å². The van der Waals surface area contributed by atoms with Crippen LogP contribution >= 0.6 is 0 Å². The predicted molar refractivity (Wildman–Crippen MR) is 99.7 cm³/mol. The predicted octanol–water partition coefficient (Wildman–Crippen LogP) is 3.23. The molecule has 1 heterocycles. The summed E-state index contributed by atoms with van der Waals surface area (Å²) in [5.41, 5.74) is 1.32. The molecule has 1 N–H and O–H groups in total. The Morgan fingerprint density at radius 3 is 2.31 bits per heavy atom. The number of nitrogens with zero attached hydrogens (tertiary/aromatic N) is 1. The molecule has 136 valence electrons. The molecule has 6 heteroatoms. The lowest BCUT2D eigenvalue weighted by Gasteiger charge is -2.16. The van der Waals surface area contributed by atoms with Crippen molar-refractivity contribution in [3.8, 4) is 11.5 Å². The summed E-state index contributed by atoms with van der Waals surface area (Å²) in [6.07, 6.45) is 1.04. The van der Waals surface area contributed by atoms with E-state index in [0.717, 1.165) is 23.6 Å². The molecule has 1 atom stereocenters. The molecule has 0 radical (unpaired) electrons. The van der Waals surface area contributed by atoms with Crippen molar-refractivity contribution in [2.45, 2.75) is 25.8 Å². The van der Waals surface area contributed by atoms with Crippen LogP contribution in [0.15, 0.2) is 48.5 Å². The van der Waals surface area contributed by atoms with E-state index in [1.807, 2.05) is 19.1 Å². The lowest BCUT2D eigenvalue weighted by atomic mass is 10.2. The van der Waals surface area contributed by atoms with E-state index in [1.165, 1.54) is 4.90 Å². The van der Waals surface area contributed by atoms with Gasteiger partial charge in [-0.3, -0.25) is 9.59 Å². The quantitative estimate of drug-likeness (QED) is 0.773. The summed E-state index contributed by atoms with van der Waals surface area (Å²) < 4.78 is 10.7. The summed E-state index contributed by atoms with van der Waals surface area (Å²) in [4.78, 5) is 26.3. The minimum Gasteiger partial charge on any atom is -0.497 e. The van der Waals surface area contributed by atoms with Gasteiger partial charge in [-0.1, -0.05) is 6.92 Å². The maximum absolute atomic E-state index is 12.7. The van der Waals surface area contributed by atoms with Gasteiger partial charge in [-0.25, -0.2) is 4.90 Å². The number of rotatable bonds is 7. The molecule has 2 amide bonds. The van der Waals surface area contributed by atoms with Crippen molar-refractivity contribution in [2.75, 3.05) is 23.9 Å². The van der Waals surface area contributed by atoms with Crippen LogP contribution in [0.25, 0.3) is 0 Å². The fraction of sp³-hybridized carbons (Fsp3) is 0.300. The molecule has 2 aromatic carbocycles. The Balaban J connectivity index is 1.69. The average molecular weight is 354 g/mol. The molecule has 1 aliphatic heterocycles. The summed E-state index contributed by atoms with van der Waals surface area (Å²) in [5.74, 6) is 0.982. The Kier molecular flexibility index (Phi) is 5.41. The number of anilines is 2. The van der Waals surface area contributed by atoms with Crippen molar-refractivity contribution in [1.82, 2.24) is 0 Å². The third-order valence-corrected chi connectivity index (χ3v) is 4.15. The normalized spacial score (nSPS) is 16.7. The first-order valence-electron chi connectivity index (χ1n) is 8.62. The van der Waals surface area contributed by atoms with Crippen molar-refractivity contribution < 1.29 is 19.1 Å². The topological polar surface area (TPSA) is 67.9 Å². The fourth-order valence-corrected chi connectivity index (χ4v) is 2.82. The summed E-state index contributed by atoms with van der Waals surface area (Å²) in [6.45, 7) is 2.67. The Morgan fingerprint density at radius 1 is 1.04 bits per heavy atom. The van der Waals surface area contributed by atoms with Gasteiger partial charge in [0.25, 0.3) is 5.91 Å². The number of amides is 2. The van der Waals surface area contributed by atoms with E-state index in [0.29, 0.717) is 12.3 Å². The number of carbonyl (C=O) groups is 2. The van der Waals surface area contributed by atoms with Crippen LogP contribution in [0, 0.1) is 0 Å². The second kappa shape index (κ2) is 7.91. The number of benzene rings is 2. The van der Waals surface area contributed by atoms with Crippen LogP contribution < -0.4 is 19.7 Å². The van der Waals surface area contributed by atoms with Crippen molar-refractivity contribution in [3.63, 3.8) is 0 Å². The minimum absolute atomic E-state index is 0.124. The van der Waals surface area contributed by atoms with Crippen LogP contribution in [0.1, 0.15) is 19.8 Å². The molecule has 6 nitrogen and oxygen atoms in total. The second-order valence-corrected chi connectivity index (χ2v) is 6.04. The smallest absolute Gasteiger partial charge is 0.256 e. The van der Waals surface area contributed by atoms with E-state index >= 15 is 0 Å². The first-order valence-corrected chi connectivity index (χ1v) is 8.62. The zero-order chi connectivity index (χ0) is 18.5. The largest absolute Gasteiger partial charge is 0.497 e. The van der Waals surface area contributed by atoms with Gasteiger partial charge < -0.3 is 14.8 Å². The lowest BCUT2D eigenvalue weighted by molar-refractivity contribution is -0.121. The summed E-state index contributed by atoms with van der Waals surface area (Å²) >= 11 is 0. The maximum atomic E-state index is 12.7. The van der Waals surface area contributed by atoms with Gasteiger partial charge >= 0.3 is 0 Å². The van der Waals surface area contributed by atoms with Crippen LogP contribution in [0.5, 0.6) is 11.5 Å². The van der Waals surface area contributed by atoms with Gasteiger partial charge in [-0.15, -0.1) is 0 Å². The molecule has 0 saturated carbocycles. The van der Waals surface area contributed by atoms with Crippen LogP contribution in [0.2, 0.25) is 0 Å². The molecule has 1 saturated heterocycles. The zero-order valence-corrected chi connectivity index (χ0v) is 14.9. The average Bonchev–Trinajstić information content (AvgIpc) is 2.94. The highest BCUT2D eigenvalue weighted by Gasteiger charge is 2.39. The molecule has 2 aromatic rings. The molecular weight excluding hydrogens is 332 g/mol. The lowest BCUT2D eigenvalue weighted by Crippen LogP contribution is -2.34. The molecule has 0 bridgehead atoms. The van der Waals surface area contributed by atoms with Gasteiger partial charge in [0.15, 0.2) is 0 Å². The fourth-order valence-electron chi connectivity index (χ4n) is 2.82. The zero-order valence-electron chi connectivity index (χ0n) is 14.9. The second-order valence-electron chi connectivity index (χ2n) is 6.04. The summed E-state index contributed by atoms with van der Waals surface area (Å²) in [7, 11) is 1.60. The molecule has 0 unspecified atom stereocenters. The highest BCUT2D eigenvalue weighted by atomic mass is 16.5. The van der Waals surface area contributed by atoms with Gasteiger partial charge in [-0.2, -0.15) is 0 Å². The van der Waals surface area contributed by atoms with Crippen molar-refractivity contribution in [3.05, 3.63) is 48.5 Å². The summed E-state index contributed by atoms with van der Waals surface area (Å²) in [6, 6.07) is 13.7. The van der Waals surface area contributed by atoms with Crippen LogP contribution in [0.3, 0.4) is 0 Å². The molecule has 3 rings (SSSR count). The van der Waals surface area contributed by atoms with E-state index in [2.05, 4.69) is 5.32 Å². The number of ether oxygens (including phenoxy) is 2. The van der Waals surface area contributed by atoms with E-state index < -0.39 is 6.04 Å². The molecular formula is C20H22N2O4. The molecule has 1 aliphatic rings.